The number of hydrogen-bond acceptors (Lipinski definition) is 5. The highest BCUT2D eigenvalue weighted by molar-refractivity contribution is 6.24. The van der Waals surface area contributed by atoms with Gasteiger partial charge in [-0.1, -0.05) is 13.0 Å². The third kappa shape index (κ3) is 4.86. The first-order valence-electron chi connectivity index (χ1n) is 7.95. The summed E-state index contributed by atoms with van der Waals surface area (Å²) in [6.07, 6.45) is 1.27. The van der Waals surface area contributed by atoms with Gasteiger partial charge in [0.25, 0.3) is 0 Å². The van der Waals surface area contributed by atoms with Crippen molar-refractivity contribution in [3.8, 4) is 5.75 Å². The molecule has 1 aromatic carbocycles. The zero-order valence-electron chi connectivity index (χ0n) is 14.7. The number of hydrogen-bond donors (Lipinski definition) is 2. The van der Waals surface area contributed by atoms with Crippen molar-refractivity contribution >= 4 is 23.3 Å². The molecule has 29 heavy (non-hydrogen) atoms. The van der Waals surface area contributed by atoms with Gasteiger partial charge in [0.05, 0.1) is 11.3 Å². The van der Waals surface area contributed by atoms with Gasteiger partial charge in [-0.15, -0.1) is 0 Å². The maximum atomic E-state index is 14.4. The van der Waals surface area contributed by atoms with E-state index in [1.165, 1.54) is 19.2 Å². The van der Waals surface area contributed by atoms with E-state index < -0.39 is 52.7 Å². The number of carbonyl (C=O) groups is 1. The second-order valence-electron chi connectivity index (χ2n) is 5.37. The molecule has 11 heteroatoms. The molecule has 0 unspecified atom stereocenters. The van der Waals surface area contributed by atoms with Crippen molar-refractivity contribution in [3.05, 3.63) is 59.1 Å². The Bertz CT molecular complexity index is 978. The summed E-state index contributed by atoms with van der Waals surface area (Å²) in [5, 5.41) is 19.8. The van der Waals surface area contributed by atoms with Crippen LogP contribution in [-0.4, -0.2) is 33.5 Å². The largest absolute Gasteiger partial charge is 0.506 e. The van der Waals surface area contributed by atoms with Crippen LogP contribution < -0.4 is 4.74 Å². The SMILES string of the molecule is CCC(=Nc1ccccn1)C(C(=O)O)=C(O)c1cc(F)c(F)c(OC(F)F)c1F. The van der Waals surface area contributed by atoms with Crippen LogP contribution in [0.3, 0.4) is 0 Å². The van der Waals surface area contributed by atoms with Gasteiger partial charge in [0.15, 0.2) is 17.5 Å². The topological polar surface area (TPSA) is 92.0 Å². The molecule has 0 aliphatic carbocycles. The highest BCUT2D eigenvalue weighted by Crippen LogP contribution is 2.33. The third-order valence-electron chi connectivity index (χ3n) is 3.55. The zero-order chi connectivity index (χ0) is 21.7. The predicted octanol–water partition coefficient (Wildman–Crippen LogP) is 4.64. The lowest BCUT2D eigenvalue weighted by atomic mass is 10.0. The fourth-order valence-electron chi connectivity index (χ4n) is 2.31. The number of aliphatic carboxylic acids is 1. The molecule has 0 saturated carbocycles. The molecule has 154 valence electrons. The van der Waals surface area contributed by atoms with Gasteiger partial charge in [-0.05, 0) is 24.6 Å². The van der Waals surface area contributed by atoms with Crippen LogP contribution in [0, 0.1) is 17.5 Å². The lowest BCUT2D eigenvalue weighted by Gasteiger charge is -2.13. The van der Waals surface area contributed by atoms with E-state index in [-0.39, 0.29) is 24.0 Å². The molecule has 0 bridgehead atoms. The van der Waals surface area contributed by atoms with Crippen LogP contribution in [0.1, 0.15) is 18.9 Å². The number of ether oxygens (including phenoxy) is 1. The molecule has 0 atom stereocenters. The van der Waals surface area contributed by atoms with Gasteiger partial charge in [-0.3, -0.25) is 0 Å². The Labute approximate surface area is 160 Å². The number of nitrogens with zero attached hydrogens (tertiary/aromatic N) is 2. The summed E-state index contributed by atoms with van der Waals surface area (Å²) < 4.78 is 70.2. The van der Waals surface area contributed by atoms with Crippen LogP contribution in [0.25, 0.3) is 5.76 Å². The number of rotatable bonds is 7. The van der Waals surface area contributed by atoms with Gasteiger partial charge in [0.1, 0.15) is 11.3 Å². The van der Waals surface area contributed by atoms with E-state index in [0.29, 0.717) is 0 Å². The number of alkyl halides is 2. The van der Waals surface area contributed by atoms with Crippen molar-refractivity contribution < 1.29 is 41.7 Å². The van der Waals surface area contributed by atoms with Crippen molar-refractivity contribution in [1.82, 2.24) is 4.98 Å². The summed E-state index contributed by atoms with van der Waals surface area (Å²) in [6, 6.07) is 4.65. The van der Waals surface area contributed by atoms with E-state index in [9.17, 15) is 37.0 Å². The fourth-order valence-corrected chi connectivity index (χ4v) is 2.31. The molecule has 1 heterocycles. The Morgan fingerprint density at radius 1 is 1.21 bits per heavy atom. The summed E-state index contributed by atoms with van der Waals surface area (Å²) in [5.41, 5.74) is -2.43. The van der Waals surface area contributed by atoms with E-state index in [1.54, 1.807) is 12.1 Å². The van der Waals surface area contributed by atoms with Crippen molar-refractivity contribution in [2.75, 3.05) is 0 Å². The molecule has 0 spiro atoms. The quantitative estimate of drug-likeness (QED) is 0.226. The minimum absolute atomic E-state index is 0.0587. The van der Waals surface area contributed by atoms with Crippen molar-refractivity contribution in [3.63, 3.8) is 0 Å². The monoisotopic (exact) mass is 416 g/mol. The average Bonchev–Trinajstić information content (AvgIpc) is 2.67. The molecule has 0 radical (unpaired) electrons. The predicted molar refractivity (Wildman–Crippen MR) is 91.8 cm³/mol. The summed E-state index contributed by atoms with van der Waals surface area (Å²) in [4.78, 5) is 19.5. The smallest absolute Gasteiger partial charge is 0.387 e. The summed E-state index contributed by atoms with van der Waals surface area (Å²) in [7, 11) is 0. The normalized spacial score (nSPS) is 12.7. The molecule has 2 N–H and O–H groups in total. The first-order chi connectivity index (χ1) is 13.7. The van der Waals surface area contributed by atoms with Gasteiger partial charge in [0, 0.05) is 6.20 Å². The molecule has 0 aliphatic heterocycles. The number of aliphatic imine (C=N–C) groups is 1. The van der Waals surface area contributed by atoms with Crippen molar-refractivity contribution in [1.29, 1.82) is 0 Å². The van der Waals surface area contributed by atoms with Crippen LogP contribution in [-0.2, 0) is 4.79 Å². The van der Waals surface area contributed by atoms with Crippen molar-refractivity contribution in [2.24, 2.45) is 4.99 Å². The Morgan fingerprint density at radius 3 is 2.41 bits per heavy atom. The van der Waals surface area contributed by atoms with E-state index >= 15 is 0 Å². The molecule has 0 aliphatic rings. The van der Waals surface area contributed by atoms with Crippen LogP contribution in [0.4, 0.5) is 27.8 Å². The highest BCUT2D eigenvalue weighted by atomic mass is 19.3. The maximum absolute atomic E-state index is 14.4. The number of carboxylic acid groups (broad SMARTS) is 1. The summed E-state index contributed by atoms with van der Waals surface area (Å²) in [5.74, 6) is -10.7. The number of benzene rings is 1. The van der Waals surface area contributed by atoms with Gasteiger partial charge in [-0.2, -0.15) is 13.2 Å². The standard InChI is InChI=1S/C18H13F5N2O4/c1-2-10(25-11-5-3-4-6-24-11)12(17(27)28)15(26)8-7-9(19)14(21)16(13(8)20)29-18(22)23/h3-7,18,26H,2H2,1H3,(H,27,28). The zero-order valence-corrected chi connectivity index (χ0v) is 14.7. The molecule has 2 rings (SSSR count). The number of pyridine rings is 1. The second kappa shape index (κ2) is 9.13. The Morgan fingerprint density at radius 2 is 1.90 bits per heavy atom. The maximum Gasteiger partial charge on any atom is 0.387 e. The molecule has 0 amide bonds. The molecular weight excluding hydrogens is 403 g/mol. The molecule has 0 saturated heterocycles. The highest BCUT2D eigenvalue weighted by Gasteiger charge is 2.29. The van der Waals surface area contributed by atoms with E-state index in [0.717, 1.165) is 0 Å². The lowest BCUT2D eigenvalue weighted by molar-refractivity contribution is -0.132. The number of aliphatic hydroxyl groups is 1. The minimum Gasteiger partial charge on any atom is -0.506 e. The third-order valence-corrected chi connectivity index (χ3v) is 3.55. The van der Waals surface area contributed by atoms with E-state index in [4.69, 9.17) is 0 Å². The lowest BCUT2D eigenvalue weighted by Crippen LogP contribution is -2.16. The van der Waals surface area contributed by atoms with Gasteiger partial charge in [-0.25, -0.2) is 23.6 Å². The van der Waals surface area contributed by atoms with Gasteiger partial charge >= 0.3 is 12.6 Å². The van der Waals surface area contributed by atoms with Gasteiger partial charge < -0.3 is 14.9 Å². The van der Waals surface area contributed by atoms with Crippen LogP contribution in [0.2, 0.25) is 0 Å². The number of aromatic nitrogens is 1. The second-order valence-corrected chi connectivity index (χ2v) is 5.37. The van der Waals surface area contributed by atoms with Gasteiger partial charge in [0.2, 0.25) is 11.6 Å². The molecule has 2 aromatic rings. The number of aliphatic hydroxyl groups excluding tert-OH is 1. The fraction of sp³-hybridized carbons (Fsp3) is 0.167. The molecule has 1 aromatic heterocycles. The number of carboxylic acids is 1. The van der Waals surface area contributed by atoms with E-state index in [1.807, 2.05) is 0 Å². The van der Waals surface area contributed by atoms with Crippen LogP contribution in [0.5, 0.6) is 5.75 Å². The van der Waals surface area contributed by atoms with Crippen molar-refractivity contribution in [2.45, 2.75) is 20.0 Å². The van der Waals surface area contributed by atoms with Crippen LogP contribution in [0.15, 0.2) is 41.0 Å². The molecule has 6 nitrogen and oxygen atoms in total. The Balaban J connectivity index is 2.74. The molecule has 0 fully saturated rings. The summed E-state index contributed by atoms with van der Waals surface area (Å²) >= 11 is 0. The summed E-state index contributed by atoms with van der Waals surface area (Å²) in [6.45, 7) is -2.24. The first-order valence-corrected chi connectivity index (χ1v) is 7.95. The average molecular weight is 416 g/mol. The Hall–Kier alpha value is -3.50. The number of halogens is 5. The van der Waals surface area contributed by atoms with E-state index in [2.05, 4.69) is 14.7 Å². The van der Waals surface area contributed by atoms with Crippen LogP contribution >= 0.6 is 0 Å². The first kappa shape index (κ1) is 21.8. The Kier molecular flexibility index (Phi) is 6.86. The minimum atomic E-state index is -3.70. The molecular formula is C18H13F5N2O4.